The van der Waals surface area contributed by atoms with Crippen molar-refractivity contribution >= 4 is 0 Å². The highest BCUT2D eigenvalue weighted by molar-refractivity contribution is 5.16. The van der Waals surface area contributed by atoms with Crippen LogP contribution in [-0.2, 0) is 15.9 Å². The lowest BCUT2D eigenvalue weighted by molar-refractivity contribution is -0.0378. The molecule has 77 valence electrons. The molecule has 0 amide bonds. The smallest absolute Gasteiger partial charge is 0.228 e. The second-order valence-electron chi connectivity index (χ2n) is 2.90. The van der Waals surface area contributed by atoms with E-state index in [9.17, 15) is 0 Å². The van der Waals surface area contributed by atoms with Gasteiger partial charge in [0.25, 0.3) is 0 Å². The van der Waals surface area contributed by atoms with Gasteiger partial charge in [0.1, 0.15) is 0 Å². The second kappa shape index (κ2) is 6.57. The monoisotopic (exact) mass is 193 g/mol. The minimum absolute atomic E-state index is 0.655. The van der Waals surface area contributed by atoms with Crippen molar-refractivity contribution < 1.29 is 9.47 Å². The van der Waals surface area contributed by atoms with Gasteiger partial charge in [-0.05, 0) is 19.4 Å². The lowest BCUT2D eigenvalue weighted by Crippen LogP contribution is -2.11. The van der Waals surface area contributed by atoms with Gasteiger partial charge in [-0.1, -0.05) is 30.3 Å². The molecular formula is C12H17O2. The number of benzene rings is 1. The summed E-state index contributed by atoms with van der Waals surface area (Å²) in [5.41, 5.74) is 1.21. The van der Waals surface area contributed by atoms with E-state index in [0.29, 0.717) is 19.5 Å². The maximum absolute atomic E-state index is 5.38. The van der Waals surface area contributed by atoms with Gasteiger partial charge in [-0.15, -0.1) is 0 Å². The number of hydrogen-bond acceptors (Lipinski definition) is 2. The van der Waals surface area contributed by atoms with Crippen molar-refractivity contribution in [3.05, 3.63) is 42.2 Å². The van der Waals surface area contributed by atoms with Crippen LogP contribution in [0.4, 0.5) is 0 Å². The van der Waals surface area contributed by atoms with Crippen LogP contribution in [0, 0.1) is 6.29 Å². The molecule has 1 rings (SSSR count). The minimum Gasteiger partial charge on any atom is -0.345 e. The highest BCUT2D eigenvalue weighted by atomic mass is 16.7. The van der Waals surface area contributed by atoms with Crippen molar-refractivity contribution in [2.45, 2.75) is 20.3 Å². The molecule has 0 aliphatic heterocycles. The van der Waals surface area contributed by atoms with Gasteiger partial charge in [-0.25, -0.2) is 0 Å². The average Bonchev–Trinajstić information content (AvgIpc) is 2.20. The maximum atomic E-state index is 5.38. The first kappa shape index (κ1) is 11.2. The van der Waals surface area contributed by atoms with Crippen molar-refractivity contribution in [2.75, 3.05) is 13.2 Å². The van der Waals surface area contributed by atoms with Crippen LogP contribution in [0.15, 0.2) is 30.3 Å². The summed E-state index contributed by atoms with van der Waals surface area (Å²) in [6, 6.07) is 10.2. The lowest BCUT2D eigenvalue weighted by Gasteiger charge is -2.14. The Morgan fingerprint density at radius 1 is 1.00 bits per heavy atom. The molecule has 0 atom stereocenters. The number of hydrogen-bond donors (Lipinski definition) is 0. The summed E-state index contributed by atoms with van der Waals surface area (Å²) in [4.78, 5) is 0. The van der Waals surface area contributed by atoms with Gasteiger partial charge in [-0.3, -0.25) is 0 Å². The summed E-state index contributed by atoms with van der Waals surface area (Å²) in [5.74, 6) is 0. The molecule has 0 heterocycles. The Labute approximate surface area is 85.8 Å². The van der Waals surface area contributed by atoms with Crippen LogP contribution in [0.1, 0.15) is 19.4 Å². The molecule has 0 N–H and O–H groups in total. The molecule has 0 aliphatic rings. The van der Waals surface area contributed by atoms with Gasteiger partial charge < -0.3 is 9.47 Å². The van der Waals surface area contributed by atoms with Gasteiger partial charge in [-0.2, -0.15) is 0 Å². The molecule has 0 fully saturated rings. The van der Waals surface area contributed by atoms with Crippen LogP contribution < -0.4 is 0 Å². The number of rotatable bonds is 6. The summed E-state index contributed by atoms with van der Waals surface area (Å²) in [6.07, 6.45) is 1.45. The molecule has 0 spiro atoms. The fraction of sp³-hybridized carbons (Fsp3) is 0.417. The summed E-state index contributed by atoms with van der Waals surface area (Å²) in [5, 5.41) is 0. The predicted octanol–water partition coefficient (Wildman–Crippen LogP) is 2.79. The van der Waals surface area contributed by atoms with Gasteiger partial charge in [0.15, 0.2) is 0 Å². The lowest BCUT2D eigenvalue weighted by atomic mass is 10.1. The van der Waals surface area contributed by atoms with Crippen LogP contribution in [0.5, 0.6) is 0 Å². The molecule has 0 aromatic heterocycles. The van der Waals surface area contributed by atoms with Crippen LogP contribution in [0.2, 0.25) is 0 Å². The molecule has 2 nitrogen and oxygen atoms in total. The molecule has 1 aromatic rings. The average molecular weight is 193 g/mol. The largest absolute Gasteiger partial charge is 0.345 e. The molecule has 0 saturated heterocycles. The molecule has 1 aromatic carbocycles. The minimum atomic E-state index is 0.655. The van der Waals surface area contributed by atoms with E-state index in [4.69, 9.17) is 9.47 Å². The molecule has 0 unspecified atom stereocenters. The third kappa shape index (κ3) is 3.90. The molecule has 1 radical (unpaired) electrons. The molecule has 0 bridgehead atoms. The number of ether oxygens (including phenoxy) is 2. The summed E-state index contributed by atoms with van der Waals surface area (Å²) in [7, 11) is 0. The summed E-state index contributed by atoms with van der Waals surface area (Å²) >= 11 is 0. The van der Waals surface area contributed by atoms with E-state index >= 15 is 0 Å². The molecule has 14 heavy (non-hydrogen) atoms. The summed E-state index contributed by atoms with van der Waals surface area (Å²) in [6.45, 7) is 5.23. The quantitative estimate of drug-likeness (QED) is 0.691. The van der Waals surface area contributed by atoms with E-state index in [1.54, 1.807) is 0 Å². The zero-order valence-corrected chi connectivity index (χ0v) is 8.82. The Balaban J connectivity index is 2.46. The molecular weight excluding hydrogens is 176 g/mol. The predicted molar refractivity (Wildman–Crippen MR) is 56.6 cm³/mol. The Kier molecular flexibility index (Phi) is 5.27. The Bertz CT molecular complexity index is 227. The fourth-order valence-electron chi connectivity index (χ4n) is 1.23. The Morgan fingerprint density at radius 3 is 2.07 bits per heavy atom. The zero-order chi connectivity index (χ0) is 10.2. The first-order chi connectivity index (χ1) is 6.86. The normalized spacial score (nSPS) is 10.8. The van der Waals surface area contributed by atoms with E-state index < -0.39 is 0 Å². The molecule has 2 heteroatoms. The van der Waals surface area contributed by atoms with Crippen molar-refractivity contribution in [3.8, 4) is 0 Å². The Morgan fingerprint density at radius 2 is 1.57 bits per heavy atom. The van der Waals surface area contributed by atoms with Crippen LogP contribution >= 0.6 is 0 Å². The zero-order valence-electron chi connectivity index (χ0n) is 8.82. The molecule has 0 saturated carbocycles. The van der Waals surface area contributed by atoms with Crippen molar-refractivity contribution in [2.24, 2.45) is 0 Å². The maximum Gasteiger partial charge on any atom is 0.228 e. The Hall–Kier alpha value is -0.860. The molecule has 0 aliphatic carbocycles. The van der Waals surface area contributed by atoms with Gasteiger partial charge in [0.2, 0.25) is 6.29 Å². The van der Waals surface area contributed by atoms with Gasteiger partial charge in [0.05, 0.1) is 0 Å². The third-order valence-electron chi connectivity index (χ3n) is 1.80. The second-order valence-corrected chi connectivity index (χ2v) is 2.90. The van der Waals surface area contributed by atoms with Gasteiger partial charge in [0, 0.05) is 19.6 Å². The van der Waals surface area contributed by atoms with E-state index in [1.165, 1.54) is 5.56 Å². The van der Waals surface area contributed by atoms with Crippen LogP contribution in [0.3, 0.4) is 0 Å². The standard InChI is InChI=1S/C12H17O2/c1-3-13-12(14-4-2)10-11-8-6-5-7-9-11/h5-9H,3-4,10H2,1-2H3. The van der Waals surface area contributed by atoms with Crippen LogP contribution in [-0.4, -0.2) is 13.2 Å². The topological polar surface area (TPSA) is 18.5 Å². The van der Waals surface area contributed by atoms with E-state index in [-0.39, 0.29) is 0 Å². The first-order valence-electron chi connectivity index (χ1n) is 5.02. The van der Waals surface area contributed by atoms with Crippen molar-refractivity contribution in [3.63, 3.8) is 0 Å². The van der Waals surface area contributed by atoms with Crippen LogP contribution in [0.25, 0.3) is 0 Å². The highest BCUT2D eigenvalue weighted by Crippen LogP contribution is 2.13. The van der Waals surface area contributed by atoms with E-state index in [2.05, 4.69) is 12.1 Å². The van der Waals surface area contributed by atoms with E-state index in [1.807, 2.05) is 32.0 Å². The van der Waals surface area contributed by atoms with Crippen molar-refractivity contribution in [1.82, 2.24) is 0 Å². The fourth-order valence-corrected chi connectivity index (χ4v) is 1.23. The third-order valence-corrected chi connectivity index (χ3v) is 1.80. The first-order valence-corrected chi connectivity index (χ1v) is 5.02. The van der Waals surface area contributed by atoms with E-state index in [0.717, 1.165) is 6.42 Å². The van der Waals surface area contributed by atoms with Gasteiger partial charge >= 0.3 is 0 Å². The summed E-state index contributed by atoms with van der Waals surface area (Å²) < 4.78 is 10.8. The SMILES string of the molecule is CCO[C](Cc1ccccc1)OCC. The van der Waals surface area contributed by atoms with Crippen molar-refractivity contribution in [1.29, 1.82) is 0 Å². The highest BCUT2D eigenvalue weighted by Gasteiger charge is 2.10.